The second-order valence-corrected chi connectivity index (χ2v) is 4.72. The molecule has 2 aromatic carbocycles. The van der Waals surface area contributed by atoms with E-state index in [4.69, 9.17) is 14.2 Å². The average molecular weight is 286 g/mol. The molecule has 0 saturated heterocycles. The zero-order valence-electron chi connectivity index (χ0n) is 12.7. The lowest BCUT2D eigenvalue weighted by molar-refractivity contribution is 0.246. The van der Waals surface area contributed by atoms with Crippen molar-refractivity contribution in [2.45, 2.75) is 20.3 Å². The van der Waals surface area contributed by atoms with Crippen molar-refractivity contribution in [3.8, 4) is 17.2 Å². The molecule has 3 heteroatoms. The van der Waals surface area contributed by atoms with Crippen molar-refractivity contribution in [2.75, 3.05) is 19.8 Å². The molecule has 0 radical (unpaired) electrons. The highest BCUT2D eigenvalue weighted by Crippen LogP contribution is 2.18. The molecule has 0 aromatic heterocycles. The summed E-state index contributed by atoms with van der Waals surface area (Å²) in [5, 5.41) is 0. The fourth-order valence-corrected chi connectivity index (χ4v) is 1.95. The monoisotopic (exact) mass is 286 g/mol. The van der Waals surface area contributed by atoms with Crippen LogP contribution in [0, 0.1) is 6.92 Å². The molecule has 0 heterocycles. The molecule has 0 saturated carbocycles. The second-order valence-electron chi connectivity index (χ2n) is 4.72. The van der Waals surface area contributed by atoms with Gasteiger partial charge in [-0.2, -0.15) is 0 Å². The van der Waals surface area contributed by atoms with Crippen LogP contribution in [0.2, 0.25) is 0 Å². The normalized spacial score (nSPS) is 10.2. The lowest BCUT2D eigenvalue weighted by Crippen LogP contribution is -2.05. The Bertz CT molecular complexity index is 534. The van der Waals surface area contributed by atoms with Crippen LogP contribution in [0.1, 0.15) is 18.9 Å². The Kier molecular flexibility index (Phi) is 5.95. The average Bonchev–Trinajstić information content (AvgIpc) is 2.51. The van der Waals surface area contributed by atoms with E-state index in [2.05, 4.69) is 0 Å². The van der Waals surface area contributed by atoms with Crippen LogP contribution in [0.4, 0.5) is 0 Å². The maximum Gasteiger partial charge on any atom is 0.122 e. The third-order valence-corrected chi connectivity index (χ3v) is 3.04. The molecule has 2 aromatic rings. The van der Waals surface area contributed by atoms with Gasteiger partial charge < -0.3 is 14.2 Å². The lowest BCUT2D eigenvalue weighted by atomic mass is 10.2. The Labute approximate surface area is 126 Å². The molecule has 0 amide bonds. The molecule has 0 aliphatic carbocycles. The maximum absolute atomic E-state index is 5.73. The van der Waals surface area contributed by atoms with Crippen LogP contribution in [0.5, 0.6) is 17.2 Å². The number of rotatable bonds is 8. The van der Waals surface area contributed by atoms with Crippen molar-refractivity contribution >= 4 is 0 Å². The molecular weight excluding hydrogens is 264 g/mol. The third-order valence-electron chi connectivity index (χ3n) is 3.04. The quantitative estimate of drug-likeness (QED) is 0.679. The maximum atomic E-state index is 5.73. The van der Waals surface area contributed by atoms with Crippen LogP contribution >= 0.6 is 0 Å². The number of para-hydroxylation sites is 1. The highest BCUT2D eigenvalue weighted by Gasteiger charge is 1.99. The van der Waals surface area contributed by atoms with Crippen LogP contribution in [-0.4, -0.2) is 19.8 Å². The summed E-state index contributed by atoms with van der Waals surface area (Å²) in [6, 6.07) is 15.7. The minimum Gasteiger partial charge on any atom is -0.494 e. The number of hydrogen-bond donors (Lipinski definition) is 0. The van der Waals surface area contributed by atoms with E-state index < -0.39 is 0 Å². The number of benzene rings is 2. The molecular formula is C18H22O3. The Morgan fingerprint density at radius 2 is 1.38 bits per heavy atom. The standard InChI is InChI=1S/C18H22O3/c1-3-19-16-9-11-17(12-10-16)20-13-6-14-21-18-8-5-4-7-15(18)2/h4-5,7-12H,3,6,13-14H2,1-2H3. The van der Waals surface area contributed by atoms with Gasteiger partial charge in [0.25, 0.3) is 0 Å². The highest BCUT2D eigenvalue weighted by atomic mass is 16.5. The van der Waals surface area contributed by atoms with Gasteiger partial charge in [-0.25, -0.2) is 0 Å². The first-order valence-electron chi connectivity index (χ1n) is 7.33. The molecule has 0 fully saturated rings. The summed E-state index contributed by atoms with van der Waals surface area (Å²) in [5.41, 5.74) is 1.16. The van der Waals surface area contributed by atoms with E-state index in [-0.39, 0.29) is 0 Å². The van der Waals surface area contributed by atoms with Gasteiger partial charge in [-0.05, 0) is 49.7 Å². The molecule has 0 N–H and O–H groups in total. The predicted octanol–water partition coefficient (Wildman–Crippen LogP) is 4.24. The second kappa shape index (κ2) is 8.20. The van der Waals surface area contributed by atoms with Gasteiger partial charge in [0.1, 0.15) is 17.2 Å². The summed E-state index contributed by atoms with van der Waals surface area (Å²) < 4.78 is 16.8. The molecule has 21 heavy (non-hydrogen) atoms. The van der Waals surface area contributed by atoms with Crippen molar-refractivity contribution in [2.24, 2.45) is 0 Å². The number of ether oxygens (including phenoxy) is 3. The van der Waals surface area contributed by atoms with Gasteiger partial charge in [-0.1, -0.05) is 18.2 Å². The largest absolute Gasteiger partial charge is 0.494 e. The first-order chi connectivity index (χ1) is 10.3. The van der Waals surface area contributed by atoms with Crippen LogP contribution in [-0.2, 0) is 0 Å². The van der Waals surface area contributed by atoms with Crippen molar-refractivity contribution in [1.82, 2.24) is 0 Å². The summed E-state index contributed by atoms with van der Waals surface area (Å²) in [5.74, 6) is 2.67. The Morgan fingerprint density at radius 1 is 0.762 bits per heavy atom. The zero-order chi connectivity index (χ0) is 14.9. The third kappa shape index (κ3) is 5.03. The van der Waals surface area contributed by atoms with Crippen LogP contribution in [0.3, 0.4) is 0 Å². The molecule has 0 aliphatic heterocycles. The summed E-state index contributed by atoms with van der Waals surface area (Å²) in [4.78, 5) is 0. The van der Waals surface area contributed by atoms with Gasteiger partial charge in [0, 0.05) is 6.42 Å². The molecule has 0 unspecified atom stereocenters. The van der Waals surface area contributed by atoms with Gasteiger partial charge >= 0.3 is 0 Å². The topological polar surface area (TPSA) is 27.7 Å². The van der Waals surface area contributed by atoms with E-state index in [0.717, 1.165) is 29.2 Å². The summed E-state index contributed by atoms with van der Waals surface area (Å²) in [7, 11) is 0. The van der Waals surface area contributed by atoms with E-state index in [9.17, 15) is 0 Å². The SMILES string of the molecule is CCOc1ccc(OCCCOc2ccccc2C)cc1. The van der Waals surface area contributed by atoms with Crippen molar-refractivity contribution in [1.29, 1.82) is 0 Å². The lowest BCUT2D eigenvalue weighted by Gasteiger charge is -2.10. The van der Waals surface area contributed by atoms with Crippen LogP contribution in [0.25, 0.3) is 0 Å². The number of hydrogen-bond acceptors (Lipinski definition) is 3. The van der Waals surface area contributed by atoms with Crippen LogP contribution < -0.4 is 14.2 Å². The molecule has 0 aliphatic rings. The highest BCUT2D eigenvalue weighted by molar-refractivity contribution is 5.32. The predicted molar refractivity (Wildman–Crippen MR) is 84.4 cm³/mol. The first-order valence-corrected chi connectivity index (χ1v) is 7.33. The molecule has 0 atom stereocenters. The van der Waals surface area contributed by atoms with Crippen LogP contribution in [0.15, 0.2) is 48.5 Å². The van der Waals surface area contributed by atoms with Gasteiger partial charge in [0.15, 0.2) is 0 Å². The van der Waals surface area contributed by atoms with Gasteiger partial charge in [-0.3, -0.25) is 0 Å². The minimum atomic E-state index is 0.639. The Morgan fingerprint density at radius 3 is 2.05 bits per heavy atom. The fourth-order valence-electron chi connectivity index (χ4n) is 1.95. The minimum absolute atomic E-state index is 0.639. The summed E-state index contributed by atoms with van der Waals surface area (Å²) >= 11 is 0. The summed E-state index contributed by atoms with van der Waals surface area (Å²) in [6.07, 6.45) is 0.849. The van der Waals surface area contributed by atoms with Crippen molar-refractivity contribution in [3.05, 3.63) is 54.1 Å². The van der Waals surface area contributed by atoms with Crippen molar-refractivity contribution < 1.29 is 14.2 Å². The molecule has 3 nitrogen and oxygen atoms in total. The Hall–Kier alpha value is -2.16. The van der Waals surface area contributed by atoms with E-state index in [1.807, 2.05) is 62.4 Å². The summed E-state index contributed by atoms with van der Waals surface area (Å²) in [6.45, 7) is 5.99. The Balaban J connectivity index is 1.66. The van der Waals surface area contributed by atoms with Gasteiger partial charge in [0.05, 0.1) is 19.8 Å². The fraction of sp³-hybridized carbons (Fsp3) is 0.333. The van der Waals surface area contributed by atoms with E-state index >= 15 is 0 Å². The van der Waals surface area contributed by atoms with Gasteiger partial charge in [-0.15, -0.1) is 0 Å². The molecule has 2 rings (SSSR count). The molecule has 112 valence electrons. The molecule has 0 bridgehead atoms. The van der Waals surface area contributed by atoms with E-state index in [1.54, 1.807) is 0 Å². The van der Waals surface area contributed by atoms with Gasteiger partial charge in [0.2, 0.25) is 0 Å². The van der Waals surface area contributed by atoms with E-state index in [0.29, 0.717) is 19.8 Å². The number of aryl methyl sites for hydroxylation is 1. The van der Waals surface area contributed by atoms with E-state index in [1.165, 1.54) is 0 Å². The van der Waals surface area contributed by atoms with Crippen molar-refractivity contribution in [3.63, 3.8) is 0 Å². The smallest absolute Gasteiger partial charge is 0.122 e. The first kappa shape index (κ1) is 15.2. The zero-order valence-corrected chi connectivity index (χ0v) is 12.7. The molecule has 0 spiro atoms.